The molecule has 22 heavy (non-hydrogen) atoms. The fraction of sp³-hybridized carbons (Fsp3) is 0.125. The Kier molecular flexibility index (Phi) is 3.98. The van der Waals surface area contributed by atoms with Crippen molar-refractivity contribution in [2.24, 2.45) is 0 Å². The van der Waals surface area contributed by atoms with Gasteiger partial charge in [0, 0.05) is 12.7 Å². The lowest BCUT2D eigenvalue weighted by Gasteiger charge is -2.05. The van der Waals surface area contributed by atoms with Gasteiger partial charge in [0.15, 0.2) is 5.69 Å². The molecule has 3 aromatic rings. The van der Waals surface area contributed by atoms with Crippen molar-refractivity contribution in [3.05, 3.63) is 64.9 Å². The van der Waals surface area contributed by atoms with Crippen molar-refractivity contribution in [3.8, 4) is 5.75 Å². The molecule has 0 bridgehead atoms. The lowest BCUT2D eigenvalue weighted by molar-refractivity contribution is 0.0945. The lowest BCUT2D eigenvalue weighted by Crippen LogP contribution is -2.23. The Labute approximate surface area is 132 Å². The second kappa shape index (κ2) is 6.07. The summed E-state index contributed by atoms with van der Waals surface area (Å²) in [6, 6.07) is 13.0. The fourth-order valence-electron chi connectivity index (χ4n) is 2.12. The van der Waals surface area contributed by atoms with Crippen LogP contribution in [0.3, 0.4) is 0 Å². The summed E-state index contributed by atoms with van der Waals surface area (Å²) < 4.78 is 6.68. The fourth-order valence-corrected chi connectivity index (χ4v) is 2.40. The van der Waals surface area contributed by atoms with Crippen LogP contribution < -0.4 is 10.1 Å². The van der Waals surface area contributed by atoms with E-state index in [0.29, 0.717) is 17.1 Å². The third-order valence-electron chi connectivity index (χ3n) is 3.31. The van der Waals surface area contributed by atoms with Crippen LogP contribution in [0.2, 0.25) is 5.02 Å². The summed E-state index contributed by atoms with van der Waals surface area (Å²) in [5.74, 6) is 0.475. The molecule has 0 radical (unpaired) electrons. The first-order valence-corrected chi connectivity index (χ1v) is 7.11. The first-order valence-electron chi connectivity index (χ1n) is 6.73. The van der Waals surface area contributed by atoms with Crippen molar-refractivity contribution in [1.29, 1.82) is 0 Å². The summed E-state index contributed by atoms with van der Waals surface area (Å²) in [6.45, 7) is 0.396. The summed E-state index contributed by atoms with van der Waals surface area (Å²) in [5.41, 5.74) is 1.90. The van der Waals surface area contributed by atoms with E-state index in [1.807, 2.05) is 42.5 Å². The molecular weight excluding hydrogens is 302 g/mol. The van der Waals surface area contributed by atoms with Gasteiger partial charge in [0.1, 0.15) is 5.75 Å². The van der Waals surface area contributed by atoms with E-state index in [-0.39, 0.29) is 11.6 Å². The number of nitrogens with one attached hydrogen (secondary N) is 1. The average molecular weight is 316 g/mol. The van der Waals surface area contributed by atoms with Gasteiger partial charge in [0.2, 0.25) is 0 Å². The SMILES string of the molecule is COc1ccc(CNC(=O)c2nn3ccccc3c2Cl)cc1. The molecule has 6 heteroatoms. The maximum Gasteiger partial charge on any atom is 0.273 e. The van der Waals surface area contributed by atoms with Crippen molar-refractivity contribution >= 4 is 23.0 Å². The molecule has 112 valence electrons. The minimum absolute atomic E-state index is 0.223. The number of carbonyl (C=O) groups is 1. The Morgan fingerprint density at radius 2 is 2.05 bits per heavy atom. The highest BCUT2D eigenvalue weighted by Crippen LogP contribution is 2.21. The minimum atomic E-state index is -0.301. The average Bonchev–Trinajstić information content (AvgIpc) is 2.90. The van der Waals surface area contributed by atoms with Crippen LogP contribution in [0, 0.1) is 0 Å². The largest absolute Gasteiger partial charge is 0.497 e. The number of hydrogen-bond donors (Lipinski definition) is 1. The number of fused-ring (bicyclic) bond motifs is 1. The number of pyridine rings is 1. The number of halogens is 1. The topological polar surface area (TPSA) is 55.6 Å². The maximum atomic E-state index is 12.2. The van der Waals surface area contributed by atoms with Crippen LogP contribution in [0.15, 0.2) is 48.7 Å². The van der Waals surface area contributed by atoms with E-state index in [9.17, 15) is 4.79 Å². The summed E-state index contributed by atoms with van der Waals surface area (Å²) >= 11 is 6.21. The number of amides is 1. The predicted molar refractivity (Wildman–Crippen MR) is 84.4 cm³/mol. The van der Waals surface area contributed by atoms with Crippen LogP contribution in [0.1, 0.15) is 16.1 Å². The zero-order valence-electron chi connectivity index (χ0n) is 11.9. The molecule has 0 unspecified atom stereocenters. The highest BCUT2D eigenvalue weighted by molar-refractivity contribution is 6.36. The number of ether oxygens (including phenoxy) is 1. The number of benzene rings is 1. The Hall–Kier alpha value is -2.53. The predicted octanol–water partition coefficient (Wildman–Crippen LogP) is 2.93. The van der Waals surface area contributed by atoms with E-state index in [1.165, 1.54) is 0 Å². The van der Waals surface area contributed by atoms with E-state index >= 15 is 0 Å². The van der Waals surface area contributed by atoms with Gasteiger partial charge in [-0.3, -0.25) is 4.79 Å². The standard InChI is InChI=1S/C16H14ClN3O2/c1-22-12-7-5-11(6-8-12)10-18-16(21)15-14(17)13-4-2-3-9-20(13)19-15/h2-9H,10H2,1H3,(H,18,21). The lowest BCUT2D eigenvalue weighted by atomic mass is 10.2. The van der Waals surface area contributed by atoms with Crippen LogP contribution >= 0.6 is 11.6 Å². The normalized spacial score (nSPS) is 10.6. The Morgan fingerprint density at radius 1 is 1.27 bits per heavy atom. The van der Waals surface area contributed by atoms with Crippen LogP contribution in [-0.4, -0.2) is 22.6 Å². The summed E-state index contributed by atoms with van der Waals surface area (Å²) in [7, 11) is 1.61. The highest BCUT2D eigenvalue weighted by Gasteiger charge is 2.17. The third-order valence-corrected chi connectivity index (χ3v) is 3.68. The maximum absolute atomic E-state index is 12.2. The van der Waals surface area contributed by atoms with Crippen molar-refractivity contribution in [2.75, 3.05) is 7.11 Å². The minimum Gasteiger partial charge on any atom is -0.497 e. The summed E-state index contributed by atoms with van der Waals surface area (Å²) in [5, 5.41) is 7.37. The number of hydrogen-bond acceptors (Lipinski definition) is 3. The summed E-state index contributed by atoms with van der Waals surface area (Å²) in [4.78, 5) is 12.2. The molecule has 0 aliphatic carbocycles. The van der Waals surface area contributed by atoms with Crippen LogP contribution in [0.5, 0.6) is 5.75 Å². The molecule has 0 spiro atoms. The number of rotatable bonds is 4. The van der Waals surface area contributed by atoms with Gasteiger partial charge in [-0.2, -0.15) is 5.10 Å². The number of carbonyl (C=O) groups excluding carboxylic acids is 1. The zero-order valence-corrected chi connectivity index (χ0v) is 12.7. The van der Waals surface area contributed by atoms with E-state index in [0.717, 1.165) is 11.3 Å². The van der Waals surface area contributed by atoms with E-state index in [1.54, 1.807) is 17.8 Å². The van der Waals surface area contributed by atoms with Crippen LogP contribution in [0.25, 0.3) is 5.52 Å². The molecule has 0 aliphatic heterocycles. The van der Waals surface area contributed by atoms with E-state index in [4.69, 9.17) is 16.3 Å². The smallest absolute Gasteiger partial charge is 0.273 e. The van der Waals surface area contributed by atoms with E-state index in [2.05, 4.69) is 10.4 Å². The van der Waals surface area contributed by atoms with Crippen LogP contribution in [-0.2, 0) is 6.54 Å². The van der Waals surface area contributed by atoms with Gasteiger partial charge < -0.3 is 10.1 Å². The zero-order chi connectivity index (χ0) is 15.5. The van der Waals surface area contributed by atoms with Gasteiger partial charge in [-0.05, 0) is 29.8 Å². The quantitative estimate of drug-likeness (QED) is 0.805. The molecule has 1 aromatic carbocycles. The molecule has 0 saturated heterocycles. The molecule has 1 N–H and O–H groups in total. The molecule has 0 atom stereocenters. The van der Waals surface area contributed by atoms with Gasteiger partial charge in [-0.15, -0.1) is 0 Å². The first kappa shape index (κ1) is 14.4. The van der Waals surface area contributed by atoms with Crippen LogP contribution in [0.4, 0.5) is 0 Å². The second-order valence-corrected chi connectivity index (χ2v) is 5.10. The highest BCUT2D eigenvalue weighted by atomic mass is 35.5. The third kappa shape index (κ3) is 2.76. The van der Waals surface area contributed by atoms with Crippen molar-refractivity contribution in [3.63, 3.8) is 0 Å². The number of aromatic nitrogens is 2. The van der Waals surface area contributed by atoms with Gasteiger partial charge >= 0.3 is 0 Å². The number of nitrogens with zero attached hydrogens (tertiary/aromatic N) is 2. The number of methoxy groups -OCH3 is 1. The molecule has 2 heterocycles. The molecule has 0 fully saturated rings. The monoisotopic (exact) mass is 315 g/mol. The summed E-state index contributed by atoms with van der Waals surface area (Å²) in [6.07, 6.45) is 1.75. The first-order chi connectivity index (χ1) is 10.7. The van der Waals surface area contributed by atoms with E-state index < -0.39 is 0 Å². The molecule has 5 nitrogen and oxygen atoms in total. The van der Waals surface area contributed by atoms with Gasteiger partial charge in [-0.25, -0.2) is 4.52 Å². The molecule has 1 amide bonds. The Morgan fingerprint density at radius 3 is 2.73 bits per heavy atom. The Balaban J connectivity index is 1.74. The molecule has 0 aliphatic rings. The van der Waals surface area contributed by atoms with Crippen molar-refractivity contribution in [1.82, 2.24) is 14.9 Å². The van der Waals surface area contributed by atoms with Crippen molar-refractivity contribution < 1.29 is 9.53 Å². The molecule has 2 aromatic heterocycles. The Bertz CT molecular complexity index is 812. The second-order valence-electron chi connectivity index (χ2n) is 4.72. The van der Waals surface area contributed by atoms with Gasteiger partial charge in [0.05, 0.1) is 17.6 Å². The molecule has 0 saturated carbocycles. The molecular formula is C16H14ClN3O2. The van der Waals surface area contributed by atoms with Gasteiger partial charge in [0.25, 0.3) is 5.91 Å². The van der Waals surface area contributed by atoms with Crippen molar-refractivity contribution in [2.45, 2.75) is 6.54 Å². The molecule has 3 rings (SSSR count). The van der Waals surface area contributed by atoms with Gasteiger partial charge in [-0.1, -0.05) is 29.8 Å².